The Labute approximate surface area is 111 Å². The predicted molar refractivity (Wildman–Crippen MR) is 69.6 cm³/mol. The van der Waals surface area contributed by atoms with Gasteiger partial charge in [-0.3, -0.25) is 9.59 Å². The van der Waals surface area contributed by atoms with Crippen LogP contribution in [0.2, 0.25) is 0 Å². The smallest absolute Gasteiger partial charge is 0.294 e. The predicted octanol–water partition coefficient (Wildman–Crippen LogP) is 3.68. The fraction of sp³-hybridized carbons (Fsp3) is 0.467. The molecule has 1 aromatic carbocycles. The minimum Gasteiger partial charge on any atom is -0.294 e. The van der Waals surface area contributed by atoms with Gasteiger partial charge in [0.15, 0.2) is 5.78 Å². The van der Waals surface area contributed by atoms with Gasteiger partial charge in [0.25, 0.3) is 0 Å². The molecule has 0 bridgehead atoms. The third-order valence-electron chi connectivity index (χ3n) is 2.73. The van der Waals surface area contributed by atoms with Crippen molar-refractivity contribution in [2.24, 2.45) is 5.92 Å². The van der Waals surface area contributed by atoms with Gasteiger partial charge in [-0.15, -0.1) is 0 Å². The van der Waals surface area contributed by atoms with E-state index in [0.717, 1.165) is 12.0 Å². The number of halogens is 2. The average molecular weight is 268 g/mol. The first-order chi connectivity index (χ1) is 8.70. The van der Waals surface area contributed by atoms with Gasteiger partial charge in [0.2, 0.25) is 5.78 Å². The largest absolute Gasteiger partial charge is 0.303 e. The lowest BCUT2D eigenvalue weighted by Gasteiger charge is -2.09. The normalized spacial score (nSPS) is 11.7. The highest BCUT2D eigenvalue weighted by Gasteiger charge is 2.33. The lowest BCUT2D eigenvalue weighted by Crippen LogP contribution is -2.26. The van der Waals surface area contributed by atoms with Crippen LogP contribution in [-0.4, -0.2) is 17.5 Å². The SMILES string of the molecule is CC(C)Cc1ccc(C(=O)CC(=O)C(C)(F)F)cc1. The van der Waals surface area contributed by atoms with E-state index in [2.05, 4.69) is 13.8 Å². The molecule has 4 heteroatoms. The van der Waals surface area contributed by atoms with Gasteiger partial charge < -0.3 is 0 Å². The van der Waals surface area contributed by atoms with E-state index >= 15 is 0 Å². The summed E-state index contributed by atoms with van der Waals surface area (Å²) in [4.78, 5) is 22.8. The summed E-state index contributed by atoms with van der Waals surface area (Å²) in [5.41, 5.74) is 1.38. The Kier molecular flexibility index (Phi) is 4.92. The monoisotopic (exact) mass is 268 g/mol. The highest BCUT2D eigenvalue weighted by atomic mass is 19.3. The Hall–Kier alpha value is -1.58. The van der Waals surface area contributed by atoms with Crippen LogP contribution in [0.5, 0.6) is 0 Å². The molecular formula is C15H18F2O2. The van der Waals surface area contributed by atoms with Crippen LogP contribution in [0.1, 0.15) is 43.1 Å². The van der Waals surface area contributed by atoms with Gasteiger partial charge in [-0.05, 0) is 17.9 Å². The summed E-state index contributed by atoms with van der Waals surface area (Å²) in [6.45, 7) is 4.68. The Morgan fingerprint density at radius 3 is 2.11 bits per heavy atom. The third kappa shape index (κ3) is 4.89. The van der Waals surface area contributed by atoms with Crippen molar-refractivity contribution in [3.05, 3.63) is 35.4 Å². The first-order valence-corrected chi connectivity index (χ1v) is 6.23. The average Bonchev–Trinajstić information content (AvgIpc) is 2.27. The zero-order valence-electron chi connectivity index (χ0n) is 11.4. The maximum atomic E-state index is 12.7. The van der Waals surface area contributed by atoms with Crippen LogP contribution >= 0.6 is 0 Å². The minimum atomic E-state index is -3.45. The second kappa shape index (κ2) is 6.04. The lowest BCUT2D eigenvalue weighted by molar-refractivity contribution is -0.139. The van der Waals surface area contributed by atoms with Crippen molar-refractivity contribution in [3.63, 3.8) is 0 Å². The van der Waals surface area contributed by atoms with E-state index in [-0.39, 0.29) is 0 Å². The third-order valence-corrected chi connectivity index (χ3v) is 2.73. The number of benzene rings is 1. The van der Waals surface area contributed by atoms with E-state index in [9.17, 15) is 18.4 Å². The standard InChI is InChI=1S/C15H18F2O2/c1-10(2)8-11-4-6-12(7-5-11)13(18)9-14(19)15(3,16)17/h4-7,10H,8-9H2,1-3H3. The molecule has 0 saturated heterocycles. The van der Waals surface area contributed by atoms with Gasteiger partial charge in [0.1, 0.15) is 0 Å². The van der Waals surface area contributed by atoms with Crippen molar-refractivity contribution in [1.82, 2.24) is 0 Å². The van der Waals surface area contributed by atoms with Crippen LogP contribution in [0.25, 0.3) is 0 Å². The van der Waals surface area contributed by atoms with Crippen molar-refractivity contribution in [2.45, 2.75) is 39.5 Å². The van der Waals surface area contributed by atoms with E-state index in [1.807, 2.05) is 0 Å². The van der Waals surface area contributed by atoms with Crippen LogP contribution in [-0.2, 0) is 11.2 Å². The molecule has 1 aromatic rings. The summed E-state index contributed by atoms with van der Waals surface area (Å²) in [6.07, 6.45) is 0.132. The number of hydrogen-bond acceptors (Lipinski definition) is 2. The second-order valence-corrected chi connectivity index (χ2v) is 5.21. The van der Waals surface area contributed by atoms with E-state index < -0.39 is 23.9 Å². The van der Waals surface area contributed by atoms with Crippen LogP contribution in [0.4, 0.5) is 8.78 Å². The first-order valence-electron chi connectivity index (χ1n) is 6.23. The molecule has 0 aliphatic carbocycles. The van der Waals surface area contributed by atoms with E-state index in [0.29, 0.717) is 18.4 Å². The van der Waals surface area contributed by atoms with Crippen molar-refractivity contribution in [1.29, 1.82) is 0 Å². The highest BCUT2D eigenvalue weighted by molar-refractivity contribution is 6.09. The molecule has 1 rings (SSSR count). The van der Waals surface area contributed by atoms with Crippen LogP contribution in [0, 0.1) is 5.92 Å². The zero-order chi connectivity index (χ0) is 14.6. The molecule has 0 fully saturated rings. The summed E-state index contributed by atoms with van der Waals surface area (Å²) >= 11 is 0. The summed E-state index contributed by atoms with van der Waals surface area (Å²) in [6, 6.07) is 6.76. The molecule has 0 atom stereocenters. The number of hydrogen-bond donors (Lipinski definition) is 0. The number of alkyl halides is 2. The molecule has 0 radical (unpaired) electrons. The summed E-state index contributed by atoms with van der Waals surface area (Å²) in [5.74, 6) is -4.86. The van der Waals surface area contributed by atoms with Crippen molar-refractivity contribution in [2.75, 3.05) is 0 Å². The molecular weight excluding hydrogens is 250 g/mol. The molecule has 0 spiro atoms. The van der Waals surface area contributed by atoms with Crippen LogP contribution < -0.4 is 0 Å². The molecule has 104 valence electrons. The number of carbonyl (C=O) groups excluding carboxylic acids is 2. The van der Waals surface area contributed by atoms with Crippen LogP contribution in [0.3, 0.4) is 0 Å². The van der Waals surface area contributed by atoms with Gasteiger partial charge in [-0.1, -0.05) is 38.1 Å². The molecule has 2 nitrogen and oxygen atoms in total. The van der Waals surface area contributed by atoms with Crippen molar-refractivity contribution in [3.8, 4) is 0 Å². The van der Waals surface area contributed by atoms with Gasteiger partial charge in [-0.25, -0.2) is 0 Å². The quantitative estimate of drug-likeness (QED) is 0.582. The topological polar surface area (TPSA) is 34.1 Å². The second-order valence-electron chi connectivity index (χ2n) is 5.21. The fourth-order valence-electron chi connectivity index (χ4n) is 1.70. The summed E-state index contributed by atoms with van der Waals surface area (Å²) in [7, 11) is 0. The van der Waals surface area contributed by atoms with Crippen molar-refractivity contribution < 1.29 is 18.4 Å². The molecule has 0 aliphatic rings. The fourth-order valence-corrected chi connectivity index (χ4v) is 1.70. The molecule has 19 heavy (non-hydrogen) atoms. The Morgan fingerprint density at radius 1 is 1.16 bits per heavy atom. The minimum absolute atomic E-state index is 0.296. The molecule has 0 aromatic heterocycles. The van der Waals surface area contributed by atoms with E-state index in [1.54, 1.807) is 24.3 Å². The Balaban J connectivity index is 2.71. The molecule has 0 heterocycles. The molecule has 0 unspecified atom stereocenters. The number of ketones is 2. The highest BCUT2D eigenvalue weighted by Crippen LogP contribution is 2.17. The number of rotatable bonds is 6. The maximum absolute atomic E-state index is 12.7. The van der Waals surface area contributed by atoms with Gasteiger partial charge in [0, 0.05) is 12.5 Å². The van der Waals surface area contributed by atoms with Gasteiger partial charge in [-0.2, -0.15) is 8.78 Å². The molecule has 0 N–H and O–H groups in total. The zero-order valence-corrected chi connectivity index (χ0v) is 11.4. The molecule has 0 aliphatic heterocycles. The Morgan fingerprint density at radius 2 is 1.68 bits per heavy atom. The van der Waals surface area contributed by atoms with Crippen LogP contribution in [0.15, 0.2) is 24.3 Å². The summed E-state index contributed by atoms with van der Waals surface area (Å²) < 4.78 is 25.4. The maximum Gasteiger partial charge on any atom is 0.303 e. The first kappa shape index (κ1) is 15.5. The van der Waals surface area contributed by atoms with Gasteiger partial charge >= 0.3 is 5.92 Å². The number of Topliss-reactive ketones (excluding diaryl/α,β-unsaturated/α-hetero) is 2. The molecule has 0 saturated carbocycles. The summed E-state index contributed by atoms with van der Waals surface area (Å²) in [5, 5.41) is 0. The van der Waals surface area contributed by atoms with Gasteiger partial charge in [0.05, 0.1) is 6.42 Å². The number of carbonyl (C=O) groups is 2. The van der Waals surface area contributed by atoms with E-state index in [4.69, 9.17) is 0 Å². The molecule has 0 amide bonds. The van der Waals surface area contributed by atoms with E-state index in [1.165, 1.54) is 0 Å². The lowest BCUT2D eigenvalue weighted by atomic mass is 9.99. The Bertz CT molecular complexity index is 456. The van der Waals surface area contributed by atoms with Crippen molar-refractivity contribution >= 4 is 11.6 Å².